The third-order valence-electron chi connectivity index (χ3n) is 5.56. The number of benzene rings is 2. The minimum Gasteiger partial charge on any atom is -0.497 e. The van der Waals surface area contributed by atoms with E-state index in [-0.39, 0.29) is 5.91 Å². The fourth-order valence-electron chi connectivity index (χ4n) is 3.82. The molecule has 0 bridgehead atoms. The predicted octanol–water partition coefficient (Wildman–Crippen LogP) is 4.59. The number of methoxy groups -OCH3 is 1. The topological polar surface area (TPSA) is 73.2 Å². The molecular weight excluding hydrogens is 459 g/mol. The van der Waals surface area contributed by atoms with E-state index in [1.54, 1.807) is 7.11 Å². The Morgan fingerprint density at radius 3 is 2.70 bits per heavy atom. The number of hydrogen-bond donors (Lipinski definition) is 2. The van der Waals surface area contributed by atoms with Crippen LogP contribution >= 0.6 is 23.2 Å². The van der Waals surface area contributed by atoms with Gasteiger partial charge in [0.1, 0.15) is 5.75 Å². The average Bonchev–Trinajstić information content (AvgIpc) is 3.06. The van der Waals surface area contributed by atoms with Gasteiger partial charge in [-0.15, -0.1) is 0 Å². The lowest BCUT2D eigenvalue weighted by atomic mass is 10.2. The molecule has 0 saturated heterocycles. The number of nitrogens with two attached hydrogens (primary N) is 1. The molecule has 2 aromatic carbocycles. The number of unbranched alkanes of at least 4 members (excludes halogenated alkanes) is 2. The normalized spacial score (nSPS) is 11.4. The first kappa shape index (κ1) is 25.1. The Kier molecular flexibility index (Phi) is 9.18. The predicted molar refractivity (Wildman–Crippen MR) is 136 cm³/mol. The van der Waals surface area contributed by atoms with Gasteiger partial charge in [-0.3, -0.25) is 4.79 Å². The van der Waals surface area contributed by atoms with E-state index in [1.807, 2.05) is 43.4 Å². The number of hydrogen-bond acceptors (Lipinski definition) is 3. The van der Waals surface area contributed by atoms with Gasteiger partial charge in [0.2, 0.25) is 5.91 Å². The number of rotatable bonds is 11. The molecule has 0 atom stereocenters. The number of fused-ring (bicyclic) bond motifs is 1. The number of nitrogens with zero attached hydrogens (tertiary/aromatic N) is 2. The number of nitrogens with one attached hydrogen (secondary N) is 1. The van der Waals surface area contributed by atoms with Gasteiger partial charge in [0.05, 0.1) is 30.7 Å². The molecule has 6 nitrogen and oxygen atoms in total. The van der Waals surface area contributed by atoms with Crippen LogP contribution in [0, 0.1) is 0 Å². The van der Waals surface area contributed by atoms with E-state index < -0.39 is 0 Å². The molecule has 1 aromatic heterocycles. The Hall–Kier alpha value is -2.54. The minimum atomic E-state index is 0.0570. The average molecular weight is 490 g/mol. The lowest BCUT2D eigenvalue weighted by Crippen LogP contribution is -2.31. The van der Waals surface area contributed by atoms with Crippen LogP contribution in [0.5, 0.6) is 5.75 Å². The van der Waals surface area contributed by atoms with Crippen molar-refractivity contribution in [2.24, 2.45) is 12.8 Å². The highest BCUT2D eigenvalue weighted by Gasteiger charge is 2.22. The largest absolute Gasteiger partial charge is 0.497 e. The molecule has 3 aromatic rings. The molecular formula is C25H31Cl2N4O2+. The van der Waals surface area contributed by atoms with Crippen LogP contribution in [-0.2, 0) is 18.4 Å². The zero-order chi connectivity index (χ0) is 23.8. The number of halogens is 2. The Bertz CT molecular complexity index is 1140. The van der Waals surface area contributed by atoms with Crippen molar-refractivity contribution in [3.8, 4) is 5.75 Å². The van der Waals surface area contributed by atoms with E-state index in [1.165, 1.54) is 0 Å². The lowest BCUT2D eigenvalue weighted by molar-refractivity contribution is -0.647. The van der Waals surface area contributed by atoms with Crippen LogP contribution in [0.2, 0.25) is 10.0 Å². The fourth-order valence-corrected chi connectivity index (χ4v) is 4.14. The minimum absolute atomic E-state index is 0.0570. The smallest absolute Gasteiger partial charge is 0.282 e. The molecule has 0 aliphatic heterocycles. The summed E-state index contributed by atoms with van der Waals surface area (Å²) >= 11 is 12.7. The van der Waals surface area contributed by atoms with Crippen molar-refractivity contribution in [2.45, 2.75) is 32.2 Å². The van der Waals surface area contributed by atoms with Gasteiger partial charge in [0.15, 0.2) is 11.0 Å². The second kappa shape index (κ2) is 12.1. The van der Waals surface area contributed by atoms with Crippen LogP contribution in [0.25, 0.3) is 23.2 Å². The summed E-state index contributed by atoms with van der Waals surface area (Å²) in [4.78, 5) is 11.8. The molecule has 3 N–H and O–H groups in total. The van der Waals surface area contributed by atoms with Crippen LogP contribution < -0.4 is 20.4 Å². The van der Waals surface area contributed by atoms with E-state index in [2.05, 4.69) is 26.6 Å². The maximum Gasteiger partial charge on any atom is 0.282 e. The number of ether oxygens (including phenoxy) is 1. The first-order valence-electron chi connectivity index (χ1n) is 11.1. The number of amides is 1. The third-order valence-corrected chi connectivity index (χ3v) is 6.28. The third kappa shape index (κ3) is 6.50. The van der Waals surface area contributed by atoms with E-state index >= 15 is 0 Å². The number of aryl methyl sites for hydroxylation is 2. The SMILES string of the molecule is COc1cccc(/C=C/c2n(CCCCCC(=O)NCCN)c3cc(Cl)c(Cl)cc3[n+]2C)c1. The quantitative estimate of drug-likeness (QED) is 0.305. The van der Waals surface area contributed by atoms with Crippen molar-refractivity contribution in [3.63, 3.8) is 0 Å². The number of carbonyl (C=O) groups excluding carboxylic acids is 1. The number of aromatic nitrogens is 2. The Labute approximate surface area is 204 Å². The summed E-state index contributed by atoms with van der Waals surface area (Å²) < 4.78 is 9.71. The fraction of sp³-hybridized carbons (Fsp3) is 0.360. The highest BCUT2D eigenvalue weighted by Crippen LogP contribution is 2.28. The standard InChI is InChI=1S/C25H30Cl2N4O2/c1-30-22-16-20(26)21(27)17-23(22)31(14-5-3-4-9-24(32)29-13-12-28)25(30)11-10-18-7-6-8-19(15-18)33-2/h6-8,10-11,15-17H,3-5,9,12-14,28H2,1-2H3/p+1/b11-10+. The van der Waals surface area contributed by atoms with Crippen LogP contribution in [-0.4, -0.2) is 30.7 Å². The zero-order valence-electron chi connectivity index (χ0n) is 19.1. The molecule has 8 heteroatoms. The van der Waals surface area contributed by atoms with Crippen LogP contribution in [0.3, 0.4) is 0 Å². The van der Waals surface area contributed by atoms with Crippen molar-refractivity contribution in [3.05, 3.63) is 57.8 Å². The molecule has 0 aliphatic carbocycles. The molecule has 0 radical (unpaired) electrons. The molecule has 1 amide bonds. The molecule has 0 spiro atoms. The van der Waals surface area contributed by atoms with Gasteiger partial charge in [-0.2, -0.15) is 0 Å². The van der Waals surface area contributed by atoms with Gasteiger partial charge in [0, 0.05) is 37.7 Å². The summed E-state index contributed by atoms with van der Waals surface area (Å²) in [5.74, 6) is 1.91. The van der Waals surface area contributed by atoms with Gasteiger partial charge in [-0.05, 0) is 43.0 Å². The van der Waals surface area contributed by atoms with Gasteiger partial charge < -0.3 is 15.8 Å². The Morgan fingerprint density at radius 2 is 1.94 bits per heavy atom. The molecule has 0 unspecified atom stereocenters. The molecule has 3 rings (SSSR count). The molecule has 1 heterocycles. The van der Waals surface area contributed by atoms with E-state index in [4.69, 9.17) is 33.7 Å². The highest BCUT2D eigenvalue weighted by atomic mass is 35.5. The van der Waals surface area contributed by atoms with E-state index in [0.29, 0.717) is 29.6 Å². The van der Waals surface area contributed by atoms with Gasteiger partial charge in [-0.25, -0.2) is 9.13 Å². The highest BCUT2D eigenvalue weighted by molar-refractivity contribution is 6.42. The number of carbonyl (C=O) groups is 1. The van der Waals surface area contributed by atoms with Gasteiger partial charge in [-0.1, -0.05) is 35.3 Å². The molecule has 33 heavy (non-hydrogen) atoms. The van der Waals surface area contributed by atoms with Crippen molar-refractivity contribution in [1.29, 1.82) is 0 Å². The van der Waals surface area contributed by atoms with Crippen LogP contribution in [0.1, 0.15) is 37.1 Å². The second-order valence-corrected chi connectivity index (χ2v) is 8.70. The Morgan fingerprint density at radius 1 is 1.15 bits per heavy atom. The summed E-state index contributed by atoms with van der Waals surface area (Å²) in [6.07, 6.45) is 7.40. The summed E-state index contributed by atoms with van der Waals surface area (Å²) in [5, 5.41) is 3.87. The van der Waals surface area contributed by atoms with Crippen LogP contribution in [0.4, 0.5) is 0 Å². The van der Waals surface area contributed by atoms with E-state index in [0.717, 1.165) is 54.0 Å². The van der Waals surface area contributed by atoms with Crippen molar-refractivity contribution in [2.75, 3.05) is 20.2 Å². The van der Waals surface area contributed by atoms with Gasteiger partial charge >= 0.3 is 0 Å². The van der Waals surface area contributed by atoms with Crippen molar-refractivity contribution >= 4 is 52.3 Å². The number of imidazole rings is 1. The molecule has 0 fully saturated rings. The van der Waals surface area contributed by atoms with Crippen molar-refractivity contribution < 1.29 is 14.1 Å². The van der Waals surface area contributed by atoms with Crippen LogP contribution in [0.15, 0.2) is 36.4 Å². The second-order valence-electron chi connectivity index (χ2n) is 7.88. The summed E-state index contributed by atoms with van der Waals surface area (Å²) in [6, 6.07) is 11.7. The monoisotopic (exact) mass is 489 g/mol. The summed E-state index contributed by atoms with van der Waals surface area (Å²) in [5.41, 5.74) is 8.51. The maximum absolute atomic E-state index is 11.8. The zero-order valence-corrected chi connectivity index (χ0v) is 20.6. The first-order valence-corrected chi connectivity index (χ1v) is 11.9. The first-order chi connectivity index (χ1) is 15.9. The molecule has 0 saturated carbocycles. The molecule has 176 valence electrons. The molecule has 0 aliphatic rings. The summed E-state index contributed by atoms with van der Waals surface area (Å²) in [7, 11) is 3.69. The Balaban J connectivity index is 1.81. The van der Waals surface area contributed by atoms with Crippen molar-refractivity contribution in [1.82, 2.24) is 9.88 Å². The van der Waals surface area contributed by atoms with E-state index in [9.17, 15) is 4.79 Å². The lowest BCUT2D eigenvalue weighted by Gasteiger charge is -2.04. The summed E-state index contributed by atoms with van der Waals surface area (Å²) in [6.45, 7) is 1.79. The maximum atomic E-state index is 11.8. The van der Waals surface area contributed by atoms with Gasteiger partial charge in [0.25, 0.3) is 5.82 Å².